The molecule has 2 aliphatic carbocycles. The van der Waals surface area contributed by atoms with Gasteiger partial charge in [0.2, 0.25) is 0 Å². The molecule has 36 heavy (non-hydrogen) atoms. The molecule has 0 aromatic heterocycles. The van der Waals surface area contributed by atoms with E-state index in [-0.39, 0.29) is 17.6 Å². The van der Waals surface area contributed by atoms with Crippen LogP contribution < -0.4 is 0 Å². The lowest BCUT2D eigenvalue weighted by molar-refractivity contribution is -0.258. The van der Waals surface area contributed by atoms with Crippen LogP contribution in [0, 0.1) is 5.92 Å². The largest absolute Gasteiger partial charge is 0.478 e. The van der Waals surface area contributed by atoms with Crippen LogP contribution in [0.1, 0.15) is 51.9 Å². The number of rotatable bonds is 4. The predicted molar refractivity (Wildman–Crippen MR) is 132 cm³/mol. The van der Waals surface area contributed by atoms with E-state index >= 15 is 0 Å². The Balaban J connectivity index is 1.71. The Labute approximate surface area is 207 Å². The van der Waals surface area contributed by atoms with Crippen LogP contribution in [0.2, 0.25) is 0 Å². The molecule has 6 heteroatoms. The van der Waals surface area contributed by atoms with Crippen LogP contribution >= 0.6 is 0 Å². The number of benzene rings is 3. The lowest BCUT2D eigenvalue weighted by Gasteiger charge is -2.54. The van der Waals surface area contributed by atoms with Crippen LogP contribution in [0.5, 0.6) is 0 Å². The molecule has 0 unspecified atom stereocenters. The molecule has 0 radical (unpaired) electrons. The molecule has 0 amide bonds. The van der Waals surface area contributed by atoms with Gasteiger partial charge in [-0.3, -0.25) is 0 Å². The molecule has 186 valence electrons. The van der Waals surface area contributed by atoms with Gasteiger partial charge < -0.3 is 10.2 Å². The highest BCUT2D eigenvalue weighted by atomic mass is 19.4. The summed E-state index contributed by atoms with van der Waals surface area (Å²) in [5.41, 5.74) is -0.173. The van der Waals surface area contributed by atoms with Crippen molar-refractivity contribution in [1.29, 1.82) is 0 Å². The number of carbonyl (C=O) groups is 1. The Bertz CT molecular complexity index is 1300. The summed E-state index contributed by atoms with van der Waals surface area (Å²) in [7, 11) is 0. The van der Waals surface area contributed by atoms with Crippen molar-refractivity contribution in [2.24, 2.45) is 5.92 Å². The first kappa shape index (κ1) is 24.3. The number of carboxylic acid groups (broad SMARTS) is 1. The molecule has 0 bridgehead atoms. The van der Waals surface area contributed by atoms with Gasteiger partial charge in [0.05, 0.1) is 5.56 Å². The highest BCUT2D eigenvalue weighted by Gasteiger charge is 2.63. The van der Waals surface area contributed by atoms with Crippen molar-refractivity contribution in [2.45, 2.75) is 49.3 Å². The maximum absolute atomic E-state index is 14.5. The van der Waals surface area contributed by atoms with Gasteiger partial charge in [-0.25, -0.2) is 4.79 Å². The van der Waals surface area contributed by atoms with Crippen molar-refractivity contribution >= 4 is 12.0 Å². The molecule has 3 aromatic carbocycles. The molecule has 3 aromatic rings. The van der Waals surface area contributed by atoms with Crippen molar-refractivity contribution in [1.82, 2.24) is 0 Å². The second-order valence-corrected chi connectivity index (χ2v) is 10.1. The third-order valence-electron chi connectivity index (χ3n) is 7.98. The third-order valence-corrected chi connectivity index (χ3v) is 7.98. The summed E-state index contributed by atoms with van der Waals surface area (Å²) in [4.78, 5) is 11.6. The average Bonchev–Trinajstić information content (AvgIpc) is 2.85. The first-order chi connectivity index (χ1) is 17.1. The summed E-state index contributed by atoms with van der Waals surface area (Å²) in [6.45, 7) is 0. The van der Waals surface area contributed by atoms with Gasteiger partial charge >= 0.3 is 12.1 Å². The smallest absolute Gasteiger partial charge is 0.421 e. The van der Waals surface area contributed by atoms with Crippen molar-refractivity contribution in [3.05, 3.63) is 112 Å². The SMILES string of the molecule is O=C(O)c1ccc2c(c1)CC[C@@H]1C[C@@](O)(C(F)(F)F)/C(=C/c3ccccc3)C[C@@]21Cc1ccccc1. The highest BCUT2D eigenvalue weighted by Crippen LogP contribution is 2.59. The summed E-state index contributed by atoms with van der Waals surface area (Å²) in [5.74, 6) is -1.46. The van der Waals surface area contributed by atoms with Gasteiger partial charge in [-0.1, -0.05) is 72.8 Å². The van der Waals surface area contributed by atoms with Crippen LogP contribution in [0.15, 0.2) is 84.4 Å². The summed E-state index contributed by atoms with van der Waals surface area (Å²) < 4.78 is 43.4. The Hall–Kier alpha value is -3.38. The molecule has 0 heterocycles. The normalized spacial score (nSPS) is 26.8. The molecule has 2 aliphatic rings. The fraction of sp³-hybridized carbons (Fsp3) is 0.300. The number of aromatic carboxylic acids is 1. The van der Waals surface area contributed by atoms with Gasteiger partial charge in [-0.2, -0.15) is 13.2 Å². The van der Waals surface area contributed by atoms with Crippen LogP contribution in [-0.4, -0.2) is 28.0 Å². The monoisotopic (exact) mass is 492 g/mol. The fourth-order valence-electron chi connectivity index (χ4n) is 6.24. The zero-order chi connectivity index (χ0) is 25.6. The summed E-state index contributed by atoms with van der Waals surface area (Å²) in [5, 5.41) is 20.8. The molecule has 5 rings (SSSR count). The minimum atomic E-state index is -4.82. The number of fused-ring (bicyclic) bond motifs is 3. The number of carboxylic acids is 1. The van der Waals surface area contributed by atoms with Crippen molar-refractivity contribution in [3.63, 3.8) is 0 Å². The number of aryl methyl sites for hydroxylation is 1. The Kier molecular flexibility index (Phi) is 6.03. The highest BCUT2D eigenvalue weighted by molar-refractivity contribution is 5.88. The van der Waals surface area contributed by atoms with Crippen LogP contribution in [0.3, 0.4) is 0 Å². The van der Waals surface area contributed by atoms with E-state index in [4.69, 9.17) is 0 Å². The van der Waals surface area contributed by atoms with E-state index in [0.717, 1.165) is 16.7 Å². The second kappa shape index (κ2) is 8.93. The van der Waals surface area contributed by atoms with E-state index in [2.05, 4.69) is 0 Å². The average molecular weight is 493 g/mol. The van der Waals surface area contributed by atoms with Crippen molar-refractivity contribution in [2.75, 3.05) is 0 Å². The molecule has 0 saturated heterocycles. The summed E-state index contributed by atoms with van der Waals surface area (Å²) >= 11 is 0. The van der Waals surface area contributed by atoms with E-state index < -0.39 is 35.5 Å². The van der Waals surface area contributed by atoms with Gasteiger partial charge in [0, 0.05) is 5.41 Å². The third kappa shape index (κ3) is 4.13. The number of halogens is 3. The summed E-state index contributed by atoms with van der Waals surface area (Å²) in [6, 6.07) is 23.4. The number of alkyl halides is 3. The first-order valence-corrected chi connectivity index (χ1v) is 12.1. The fourth-order valence-corrected chi connectivity index (χ4v) is 6.24. The topological polar surface area (TPSA) is 57.5 Å². The van der Waals surface area contributed by atoms with Gasteiger partial charge in [0.15, 0.2) is 5.60 Å². The maximum Gasteiger partial charge on any atom is 0.421 e. The van der Waals surface area contributed by atoms with E-state index in [1.807, 2.05) is 30.3 Å². The van der Waals surface area contributed by atoms with E-state index in [1.165, 1.54) is 6.08 Å². The molecule has 2 N–H and O–H groups in total. The molecule has 3 nitrogen and oxygen atoms in total. The number of aliphatic hydroxyl groups is 1. The van der Waals surface area contributed by atoms with Crippen LogP contribution in [-0.2, 0) is 18.3 Å². The van der Waals surface area contributed by atoms with Crippen molar-refractivity contribution < 1.29 is 28.2 Å². The molecule has 0 aliphatic heterocycles. The number of hydrogen-bond acceptors (Lipinski definition) is 2. The minimum absolute atomic E-state index is 0.0247. The van der Waals surface area contributed by atoms with E-state index in [1.54, 1.807) is 48.5 Å². The second-order valence-electron chi connectivity index (χ2n) is 10.1. The predicted octanol–water partition coefficient (Wildman–Crippen LogP) is 6.60. The Morgan fingerprint density at radius 3 is 2.31 bits per heavy atom. The van der Waals surface area contributed by atoms with Gasteiger partial charge in [-0.15, -0.1) is 0 Å². The lowest BCUT2D eigenvalue weighted by Crippen LogP contribution is -2.58. The lowest BCUT2D eigenvalue weighted by atomic mass is 9.51. The maximum atomic E-state index is 14.5. The molecule has 3 atom stereocenters. The first-order valence-electron chi connectivity index (χ1n) is 12.1. The Morgan fingerprint density at radius 2 is 1.67 bits per heavy atom. The number of hydrogen-bond donors (Lipinski definition) is 2. The van der Waals surface area contributed by atoms with Crippen molar-refractivity contribution in [3.8, 4) is 0 Å². The van der Waals surface area contributed by atoms with Crippen LogP contribution in [0.25, 0.3) is 6.08 Å². The zero-order valence-corrected chi connectivity index (χ0v) is 19.6. The van der Waals surface area contributed by atoms with Gasteiger partial charge in [-0.05, 0) is 78.0 Å². The molecule has 0 spiro atoms. The molecule has 1 saturated carbocycles. The van der Waals surface area contributed by atoms with E-state index in [9.17, 15) is 28.2 Å². The van der Waals surface area contributed by atoms with Gasteiger partial charge in [0.25, 0.3) is 0 Å². The molecular formula is C30H27F3O3. The zero-order valence-electron chi connectivity index (χ0n) is 19.6. The van der Waals surface area contributed by atoms with Crippen LogP contribution in [0.4, 0.5) is 13.2 Å². The summed E-state index contributed by atoms with van der Waals surface area (Å²) in [6.07, 6.45) is -2.32. The van der Waals surface area contributed by atoms with Gasteiger partial charge in [0.1, 0.15) is 0 Å². The Morgan fingerprint density at radius 1 is 1.00 bits per heavy atom. The molecule has 1 fully saturated rings. The quantitative estimate of drug-likeness (QED) is 0.432. The standard InChI is InChI=1S/C30H27F3O3/c31-30(32,33)29(36)19-24-13-11-22-16-23(27(34)35)12-14-26(22)28(24,17-21-9-5-2-6-10-21)18-25(29)15-20-7-3-1-4-8-20/h1-10,12,14-16,24,36H,11,13,17-19H2,(H,34,35)/b25-15+/t24-,28-,29+/m1/s1. The minimum Gasteiger partial charge on any atom is -0.478 e. The molecular weight excluding hydrogens is 465 g/mol. The van der Waals surface area contributed by atoms with E-state index in [0.29, 0.717) is 24.8 Å².